The van der Waals surface area contributed by atoms with Crippen LogP contribution in [-0.4, -0.2) is 22.2 Å². The Morgan fingerprint density at radius 2 is 2.25 bits per heavy atom. The van der Waals surface area contributed by atoms with Crippen LogP contribution in [0.2, 0.25) is 5.02 Å². The van der Waals surface area contributed by atoms with Gasteiger partial charge >= 0.3 is 5.97 Å². The molecule has 0 aliphatic carbocycles. The van der Waals surface area contributed by atoms with Crippen LogP contribution in [0.5, 0.6) is 0 Å². The first-order chi connectivity index (χ1) is 9.65. The van der Waals surface area contributed by atoms with Crippen molar-refractivity contribution >= 4 is 28.5 Å². The third kappa shape index (κ3) is 3.32. The Morgan fingerprint density at radius 3 is 2.95 bits per heavy atom. The molecule has 0 bridgehead atoms. The number of benzene rings is 1. The van der Waals surface area contributed by atoms with E-state index in [9.17, 15) is 9.90 Å². The van der Waals surface area contributed by atoms with E-state index in [0.29, 0.717) is 11.6 Å². The minimum atomic E-state index is -0.278. The third-order valence-electron chi connectivity index (χ3n) is 3.16. The van der Waals surface area contributed by atoms with Gasteiger partial charge in [0.05, 0.1) is 18.7 Å². The zero-order chi connectivity index (χ0) is 14.5. The quantitative estimate of drug-likeness (QED) is 0.658. The molecular weight excluding hydrogens is 278 g/mol. The number of esters is 1. The van der Waals surface area contributed by atoms with Gasteiger partial charge < -0.3 is 14.4 Å². The summed E-state index contributed by atoms with van der Waals surface area (Å²) in [5, 5.41) is 10.9. The molecule has 0 unspecified atom stereocenters. The molecule has 0 saturated heterocycles. The minimum Gasteiger partial charge on any atom is -0.464 e. The fourth-order valence-electron chi connectivity index (χ4n) is 2.11. The lowest BCUT2D eigenvalue weighted by atomic mass is 10.2. The lowest BCUT2D eigenvalue weighted by Gasteiger charge is -2.06. The Kier molecular flexibility index (Phi) is 5.04. The molecule has 0 amide bonds. The van der Waals surface area contributed by atoms with Crippen molar-refractivity contribution in [3.63, 3.8) is 0 Å². The number of aliphatic hydroxyl groups excluding tert-OH is 1. The molecule has 0 aliphatic rings. The van der Waals surface area contributed by atoms with Crippen LogP contribution in [-0.2, 0) is 22.7 Å². The maximum Gasteiger partial charge on any atom is 0.325 e. The van der Waals surface area contributed by atoms with Gasteiger partial charge in [-0.25, -0.2) is 0 Å². The predicted octanol–water partition coefficient (Wildman–Crippen LogP) is 3.13. The average Bonchev–Trinajstić information content (AvgIpc) is 2.76. The molecular formula is C15H18ClNO3. The molecule has 0 fully saturated rings. The monoisotopic (exact) mass is 295 g/mol. The summed E-state index contributed by atoms with van der Waals surface area (Å²) in [4.78, 5) is 11.8. The van der Waals surface area contributed by atoms with Crippen molar-refractivity contribution in [1.82, 2.24) is 4.57 Å². The molecule has 20 heavy (non-hydrogen) atoms. The number of hydrogen-bond donors (Lipinski definition) is 1. The van der Waals surface area contributed by atoms with Crippen molar-refractivity contribution < 1.29 is 14.6 Å². The van der Waals surface area contributed by atoms with E-state index in [4.69, 9.17) is 16.3 Å². The first-order valence-electron chi connectivity index (χ1n) is 6.69. The molecule has 0 spiro atoms. The predicted molar refractivity (Wildman–Crippen MR) is 78.7 cm³/mol. The van der Waals surface area contributed by atoms with E-state index in [-0.39, 0.29) is 19.1 Å². The summed E-state index contributed by atoms with van der Waals surface area (Å²) in [5.74, 6) is -0.278. The number of aliphatic hydroxyl groups is 1. The molecule has 1 aromatic heterocycles. The zero-order valence-electron chi connectivity index (χ0n) is 11.4. The second-order valence-corrected chi connectivity index (χ2v) is 5.11. The lowest BCUT2D eigenvalue weighted by molar-refractivity contribution is -0.144. The van der Waals surface area contributed by atoms with Gasteiger partial charge in [-0.2, -0.15) is 0 Å². The summed E-state index contributed by atoms with van der Waals surface area (Å²) >= 11 is 5.99. The Hall–Kier alpha value is -1.52. The maximum absolute atomic E-state index is 11.8. The van der Waals surface area contributed by atoms with Crippen LogP contribution in [0.3, 0.4) is 0 Å². The highest BCUT2D eigenvalue weighted by Gasteiger charge is 2.11. The molecule has 0 radical (unpaired) electrons. The van der Waals surface area contributed by atoms with Gasteiger partial charge in [0.15, 0.2) is 0 Å². The molecule has 0 atom stereocenters. The summed E-state index contributed by atoms with van der Waals surface area (Å²) in [5.41, 5.74) is 1.60. The van der Waals surface area contributed by atoms with Gasteiger partial charge in [0.2, 0.25) is 0 Å². The molecule has 0 saturated carbocycles. The van der Waals surface area contributed by atoms with E-state index >= 15 is 0 Å². The van der Waals surface area contributed by atoms with Crippen LogP contribution in [0.1, 0.15) is 25.3 Å². The van der Waals surface area contributed by atoms with Crippen LogP contribution in [0.25, 0.3) is 10.9 Å². The fourth-order valence-corrected chi connectivity index (χ4v) is 2.28. The Bertz CT molecular complexity index is 606. The summed E-state index contributed by atoms with van der Waals surface area (Å²) in [6, 6.07) is 5.41. The molecule has 1 heterocycles. The first kappa shape index (κ1) is 14.9. The van der Waals surface area contributed by atoms with Gasteiger partial charge in [-0.3, -0.25) is 4.79 Å². The summed E-state index contributed by atoms with van der Waals surface area (Å²) in [7, 11) is 0. The van der Waals surface area contributed by atoms with E-state index in [1.807, 2.05) is 13.0 Å². The van der Waals surface area contributed by atoms with Gasteiger partial charge in [0, 0.05) is 22.2 Å². The van der Waals surface area contributed by atoms with Crippen molar-refractivity contribution in [2.45, 2.75) is 32.9 Å². The van der Waals surface area contributed by atoms with Crippen LogP contribution in [0, 0.1) is 0 Å². The minimum absolute atomic E-state index is 0.0734. The van der Waals surface area contributed by atoms with Gasteiger partial charge in [0.1, 0.15) is 6.54 Å². The lowest BCUT2D eigenvalue weighted by Crippen LogP contribution is -2.13. The SMILES string of the molecule is CCCCOC(=O)Cn1cc(CO)c2ccc(Cl)cc21. The smallest absolute Gasteiger partial charge is 0.325 e. The Morgan fingerprint density at radius 1 is 1.45 bits per heavy atom. The number of ether oxygens (including phenoxy) is 1. The highest BCUT2D eigenvalue weighted by atomic mass is 35.5. The number of unbranched alkanes of at least 4 members (excludes halogenated alkanes) is 1. The number of carbonyl (C=O) groups excluding carboxylic acids is 1. The molecule has 5 heteroatoms. The normalized spacial score (nSPS) is 10.9. The number of nitrogens with zero attached hydrogens (tertiary/aromatic N) is 1. The van der Waals surface area contributed by atoms with E-state index in [1.54, 1.807) is 22.9 Å². The summed E-state index contributed by atoms with van der Waals surface area (Å²) in [6.07, 6.45) is 3.62. The van der Waals surface area contributed by atoms with Crippen molar-refractivity contribution in [2.75, 3.05) is 6.61 Å². The second-order valence-electron chi connectivity index (χ2n) is 4.68. The molecule has 0 aliphatic heterocycles. The first-order valence-corrected chi connectivity index (χ1v) is 7.07. The largest absolute Gasteiger partial charge is 0.464 e. The standard InChI is InChI=1S/C15H18ClNO3/c1-2-3-6-20-15(19)9-17-8-11(10-18)13-5-4-12(16)7-14(13)17/h4-5,7-8,18H,2-3,6,9-10H2,1H3. The van der Waals surface area contributed by atoms with Crippen LogP contribution in [0.4, 0.5) is 0 Å². The number of hydrogen-bond acceptors (Lipinski definition) is 3. The van der Waals surface area contributed by atoms with Gasteiger partial charge in [0.25, 0.3) is 0 Å². The maximum atomic E-state index is 11.8. The highest BCUT2D eigenvalue weighted by molar-refractivity contribution is 6.31. The van der Waals surface area contributed by atoms with E-state index in [2.05, 4.69) is 0 Å². The van der Waals surface area contributed by atoms with Crippen molar-refractivity contribution in [2.24, 2.45) is 0 Å². The van der Waals surface area contributed by atoms with E-state index < -0.39 is 0 Å². The molecule has 1 aromatic carbocycles. The topological polar surface area (TPSA) is 51.5 Å². The Balaban J connectivity index is 2.21. The van der Waals surface area contributed by atoms with Gasteiger partial charge in [-0.15, -0.1) is 0 Å². The number of carbonyl (C=O) groups is 1. The van der Waals surface area contributed by atoms with E-state index in [0.717, 1.165) is 29.3 Å². The van der Waals surface area contributed by atoms with Gasteiger partial charge in [-0.1, -0.05) is 31.0 Å². The third-order valence-corrected chi connectivity index (χ3v) is 3.39. The summed E-state index contributed by atoms with van der Waals surface area (Å²) < 4.78 is 6.92. The van der Waals surface area contributed by atoms with E-state index in [1.165, 1.54) is 0 Å². The van der Waals surface area contributed by atoms with Gasteiger partial charge in [-0.05, 0) is 18.6 Å². The summed E-state index contributed by atoms with van der Waals surface area (Å²) in [6.45, 7) is 2.54. The van der Waals surface area contributed by atoms with Crippen LogP contribution < -0.4 is 0 Å². The van der Waals surface area contributed by atoms with Crippen LogP contribution in [0.15, 0.2) is 24.4 Å². The molecule has 1 N–H and O–H groups in total. The highest BCUT2D eigenvalue weighted by Crippen LogP contribution is 2.25. The number of rotatable bonds is 6. The van der Waals surface area contributed by atoms with Crippen LogP contribution >= 0.6 is 11.6 Å². The second kappa shape index (κ2) is 6.77. The number of aromatic nitrogens is 1. The Labute approximate surface area is 122 Å². The molecule has 2 rings (SSSR count). The fraction of sp³-hybridized carbons (Fsp3) is 0.400. The van der Waals surface area contributed by atoms with Crippen molar-refractivity contribution in [1.29, 1.82) is 0 Å². The van der Waals surface area contributed by atoms with Crippen molar-refractivity contribution in [3.05, 3.63) is 35.0 Å². The average molecular weight is 296 g/mol. The number of fused-ring (bicyclic) bond motifs is 1. The number of halogens is 1. The molecule has 4 nitrogen and oxygen atoms in total. The van der Waals surface area contributed by atoms with Crippen molar-refractivity contribution in [3.8, 4) is 0 Å². The zero-order valence-corrected chi connectivity index (χ0v) is 12.2. The molecule has 2 aromatic rings. The molecule has 108 valence electrons.